The average Bonchev–Trinajstić information content (AvgIpc) is 2.81. The molecule has 110 valence electrons. The standard InChI is InChI=1S/C20H13O2P/c1-3-7-15-13(5-1)10-12-18-19(15)17-11-9-14-6-2-4-8-16(14)20(17)23-22-21-18/h1-12,23H. The molecule has 5 rings (SSSR count). The third-order valence-electron chi connectivity index (χ3n) is 4.36. The van der Waals surface area contributed by atoms with Gasteiger partial charge in [-0.3, -0.25) is 8.93 Å². The van der Waals surface area contributed by atoms with E-state index in [1.807, 2.05) is 6.07 Å². The molecule has 1 atom stereocenters. The summed E-state index contributed by atoms with van der Waals surface area (Å²) in [7, 11) is 0.165. The van der Waals surface area contributed by atoms with Gasteiger partial charge < -0.3 is 0 Å². The molecule has 1 unspecified atom stereocenters. The molecule has 0 N–H and O–H groups in total. The lowest BCUT2D eigenvalue weighted by atomic mass is 10.0. The molecule has 0 saturated carbocycles. The summed E-state index contributed by atoms with van der Waals surface area (Å²) in [6, 6.07) is 25.3. The lowest BCUT2D eigenvalue weighted by molar-refractivity contribution is 0.126. The molecule has 1 heterocycles. The number of hydrogen-bond acceptors (Lipinski definition) is 2. The molecule has 0 amide bonds. The van der Waals surface area contributed by atoms with Crippen molar-refractivity contribution in [3.8, 4) is 0 Å². The second kappa shape index (κ2) is 4.91. The lowest BCUT2D eigenvalue weighted by Gasteiger charge is -2.04. The van der Waals surface area contributed by atoms with E-state index in [4.69, 9.17) is 8.93 Å². The molecule has 1 aromatic heterocycles. The van der Waals surface area contributed by atoms with Crippen molar-refractivity contribution < 1.29 is 8.93 Å². The van der Waals surface area contributed by atoms with E-state index in [9.17, 15) is 0 Å². The molecule has 23 heavy (non-hydrogen) atoms. The van der Waals surface area contributed by atoms with Gasteiger partial charge in [0.1, 0.15) is 0 Å². The Bertz CT molecular complexity index is 1220. The fourth-order valence-corrected chi connectivity index (χ4v) is 4.17. The normalized spacial score (nSPS) is 11.8. The van der Waals surface area contributed by atoms with Crippen molar-refractivity contribution in [1.82, 2.24) is 0 Å². The summed E-state index contributed by atoms with van der Waals surface area (Å²) in [5.74, 6) is 0. The van der Waals surface area contributed by atoms with E-state index >= 15 is 0 Å². The SMILES string of the molecule is c1ccc2c(c1)ccc1c2[pH]ooc2ccc3ccccc3c21. The van der Waals surface area contributed by atoms with E-state index in [1.54, 1.807) is 0 Å². The molecule has 0 fully saturated rings. The van der Waals surface area contributed by atoms with E-state index in [-0.39, 0.29) is 8.43 Å². The van der Waals surface area contributed by atoms with Crippen LogP contribution < -0.4 is 0 Å². The van der Waals surface area contributed by atoms with Crippen LogP contribution in [0.5, 0.6) is 0 Å². The van der Waals surface area contributed by atoms with Crippen LogP contribution in [-0.4, -0.2) is 0 Å². The van der Waals surface area contributed by atoms with E-state index in [0.29, 0.717) is 0 Å². The second-order valence-electron chi connectivity index (χ2n) is 5.64. The quantitative estimate of drug-likeness (QED) is 0.299. The maximum absolute atomic E-state index is 5.60. The highest BCUT2D eigenvalue weighted by Crippen LogP contribution is 2.37. The third-order valence-corrected chi connectivity index (χ3v) is 5.27. The smallest absolute Gasteiger partial charge is 0.187 e. The molecule has 0 aliphatic carbocycles. The van der Waals surface area contributed by atoms with Gasteiger partial charge in [-0.25, -0.2) is 0 Å². The highest BCUT2D eigenvalue weighted by Gasteiger charge is 2.08. The Hall–Kier alpha value is -2.70. The predicted octanol–water partition coefficient (Wildman–Crippen LogP) is 6.64. The van der Waals surface area contributed by atoms with Gasteiger partial charge in [0.2, 0.25) is 0 Å². The van der Waals surface area contributed by atoms with Crippen LogP contribution in [0.2, 0.25) is 0 Å². The van der Waals surface area contributed by atoms with Crippen LogP contribution >= 0.6 is 8.43 Å². The van der Waals surface area contributed by atoms with Gasteiger partial charge in [-0.2, -0.15) is 0 Å². The minimum absolute atomic E-state index is 0.165. The topological polar surface area (TPSA) is 26.3 Å². The first-order valence-corrected chi connectivity index (χ1v) is 8.46. The van der Waals surface area contributed by atoms with E-state index in [2.05, 4.69) is 66.7 Å². The van der Waals surface area contributed by atoms with Gasteiger partial charge in [0.25, 0.3) is 0 Å². The monoisotopic (exact) mass is 316 g/mol. The van der Waals surface area contributed by atoms with Crippen molar-refractivity contribution in [2.75, 3.05) is 0 Å². The average molecular weight is 316 g/mol. The van der Waals surface area contributed by atoms with Crippen LogP contribution in [0.25, 0.3) is 43.0 Å². The maximum Gasteiger partial charge on any atom is 0.187 e. The van der Waals surface area contributed by atoms with Crippen molar-refractivity contribution in [3.05, 3.63) is 72.8 Å². The van der Waals surface area contributed by atoms with Gasteiger partial charge >= 0.3 is 0 Å². The maximum atomic E-state index is 5.60. The summed E-state index contributed by atoms with van der Waals surface area (Å²) in [6.07, 6.45) is 0. The van der Waals surface area contributed by atoms with Gasteiger partial charge in [-0.1, -0.05) is 66.7 Å². The van der Waals surface area contributed by atoms with Gasteiger partial charge in [0, 0.05) is 15.9 Å². The minimum atomic E-state index is 0.165. The fraction of sp³-hybridized carbons (Fsp3) is 0. The number of fused-ring (bicyclic) bond motifs is 7. The van der Waals surface area contributed by atoms with Crippen molar-refractivity contribution in [2.45, 2.75) is 0 Å². The molecule has 5 aromatic rings. The van der Waals surface area contributed by atoms with Gasteiger partial charge in [0.05, 0.1) is 8.43 Å². The van der Waals surface area contributed by atoms with Crippen LogP contribution in [0.1, 0.15) is 0 Å². The molecule has 4 aromatic carbocycles. The van der Waals surface area contributed by atoms with Gasteiger partial charge in [-0.05, 0) is 27.6 Å². The Kier molecular flexibility index (Phi) is 2.73. The molecule has 3 heteroatoms. The van der Waals surface area contributed by atoms with Crippen LogP contribution in [0.15, 0.2) is 81.7 Å². The summed E-state index contributed by atoms with van der Waals surface area (Å²) in [5.41, 5.74) is 0.783. The predicted molar refractivity (Wildman–Crippen MR) is 98.1 cm³/mol. The molecule has 0 aliphatic heterocycles. The summed E-state index contributed by atoms with van der Waals surface area (Å²) in [4.78, 5) is 0. The second-order valence-corrected chi connectivity index (χ2v) is 6.51. The Labute approximate surface area is 133 Å². The highest BCUT2D eigenvalue weighted by molar-refractivity contribution is 7.31. The van der Waals surface area contributed by atoms with E-state index < -0.39 is 0 Å². The largest absolute Gasteiger partial charge is 0.287 e. The minimum Gasteiger partial charge on any atom is -0.287 e. The first-order chi connectivity index (χ1) is 11.4. The van der Waals surface area contributed by atoms with E-state index in [0.717, 1.165) is 11.0 Å². The third kappa shape index (κ3) is 1.89. The summed E-state index contributed by atoms with van der Waals surface area (Å²) in [6.45, 7) is 0. The van der Waals surface area contributed by atoms with Crippen molar-refractivity contribution in [1.29, 1.82) is 0 Å². The van der Waals surface area contributed by atoms with E-state index in [1.165, 1.54) is 32.0 Å². The zero-order valence-corrected chi connectivity index (χ0v) is 13.2. The molecular weight excluding hydrogens is 303 g/mol. The number of rotatable bonds is 0. The Morgan fingerprint density at radius 2 is 1.30 bits per heavy atom. The highest BCUT2D eigenvalue weighted by atomic mass is 31.1. The Balaban J connectivity index is 2.15. The number of hydrogen-bond donors (Lipinski definition) is 0. The Morgan fingerprint density at radius 3 is 2.17 bits per heavy atom. The van der Waals surface area contributed by atoms with Crippen LogP contribution in [0.4, 0.5) is 0 Å². The first-order valence-electron chi connectivity index (χ1n) is 7.55. The molecule has 0 saturated heterocycles. The van der Waals surface area contributed by atoms with Crippen LogP contribution in [0, 0.1) is 0 Å². The van der Waals surface area contributed by atoms with Crippen LogP contribution in [0.3, 0.4) is 0 Å². The summed E-state index contributed by atoms with van der Waals surface area (Å²) < 4.78 is 11.1. The Morgan fingerprint density at radius 1 is 0.609 bits per heavy atom. The molecule has 2 nitrogen and oxygen atoms in total. The van der Waals surface area contributed by atoms with Crippen LogP contribution in [-0.2, 0) is 0 Å². The lowest BCUT2D eigenvalue weighted by Crippen LogP contribution is -1.78. The van der Waals surface area contributed by atoms with Crippen molar-refractivity contribution in [2.24, 2.45) is 0 Å². The summed E-state index contributed by atoms with van der Waals surface area (Å²) in [5, 5.41) is 8.38. The van der Waals surface area contributed by atoms with Crippen molar-refractivity contribution in [3.63, 3.8) is 0 Å². The fourth-order valence-electron chi connectivity index (χ4n) is 3.30. The van der Waals surface area contributed by atoms with Crippen molar-refractivity contribution >= 4 is 51.5 Å². The molecular formula is C20H13O2P. The zero-order chi connectivity index (χ0) is 15.2. The molecule has 0 aliphatic rings. The number of benzene rings is 4. The van der Waals surface area contributed by atoms with Gasteiger partial charge in [-0.15, -0.1) is 0 Å². The zero-order valence-electron chi connectivity index (χ0n) is 12.2. The molecule has 0 bridgehead atoms. The molecule has 0 spiro atoms. The molecule has 0 radical (unpaired) electrons. The van der Waals surface area contributed by atoms with Gasteiger partial charge in [0.15, 0.2) is 5.58 Å². The summed E-state index contributed by atoms with van der Waals surface area (Å²) >= 11 is 0. The first kappa shape index (κ1) is 12.8.